The molecule has 2 aromatic carbocycles. The van der Waals surface area contributed by atoms with Crippen LogP contribution in [0.25, 0.3) is 10.6 Å². The minimum atomic E-state index is -0.263. The van der Waals surface area contributed by atoms with Crippen LogP contribution < -0.4 is 10.1 Å². The second-order valence-electron chi connectivity index (χ2n) is 5.40. The van der Waals surface area contributed by atoms with Crippen molar-refractivity contribution in [1.82, 2.24) is 10.3 Å². The van der Waals surface area contributed by atoms with Crippen molar-refractivity contribution in [3.05, 3.63) is 71.0 Å². The van der Waals surface area contributed by atoms with Crippen LogP contribution in [0.4, 0.5) is 4.39 Å². The fraction of sp³-hybridized carbons (Fsp3) is 0.158. The second-order valence-corrected chi connectivity index (χ2v) is 6.26. The van der Waals surface area contributed by atoms with Crippen molar-refractivity contribution < 1.29 is 13.9 Å². The predicted molar refractivity (Wildman–Crippen MR) is 96.5 cm³/mol. The molecule has 0 aliphatic carbocycles. The molecular weight excluding hydrogens is 339 g/mol. The Morgan fingerprint density at radius 3 is 2.56 bits per heavy atom. The first-order valence-electron chi connectivity index (χ1n) is 7.78. The maximum atomic E-state index is 12.9. The summed E-state index contributed by atoms with van der Waals surface area (Å²) in [5.74, 6) is 0.304. The molecule has 1 aromatic heterocycles. The van der Waals surface area contributed by atoms with Crippen LogP contribution in [0.1, 0.15) is 16.1 Å². The molecule has 1 amide bonds. The van der Waals surface area contributed by atoms with Gasteiger partial charge in [-0.15, -0.1) is 11.3 Å². The monoisotopic (exact) mass is 356 g/mol. The molecule has 0 fully saturated rings. The molecule has 0 atom stereocenters. The van der Waals surface area contributed by atoms with E-state index in [2.05, 4.69) is 10.3 Å². The topological polar surface area (TPSA) is 51.2 Å². The van der Waals surface area contributed by atoms with E-state index in [1.54, 1.807) is 24.6 Å². The third-order valence-corrected chi connectivity index (χ3v) is 4.58. The van der Waals surface area contributed by atoms with Crippen molar-refractivity contribution in [3.63, 3.8) is 0 Å². The number of halogens is 1. The summed E-state index contributed by atoms with van der Waals surface area (Å²) < 4.78 is 18.0. The van der Waals surface area contributed by atoms with Gasteiger partial charge in [-0.2, -0.15) is 0 Å². The molecule has 0 unspecified atom stereocenters. The molecule has 0 radical (unpaired) electrons. The lowest BCUT2D eigenvalue weighted by Crippen LogP contribution is -2.25. The van der Waals surface area contributed by atoms with Gasteiger partial charge in [0.05, 0.1) is 7.11 Å². The zero-order chi connectivity index (χ0) is 17.6. The van der Waals surface area contributed by atoms with E-state index in [4.69, 9.17) is 4.74 Å². The van der Waals surface area contributed by atoms with Crippen LogP contribution in [0, 0.1) is 5.82 Å². The summed E-state index contributed by atoms with van der Waals surface area (Å²) in [5, 5.41) is 5.36. The number of aromatic nitrogens is 1. The fourth-order valence-electron chi connectivity index (χ4n) is 2.31. The Balaban J connectivity index is 1.57. The van der Waals surface area contributed by atoms with Crippen molar-refractivity contribution >= 4 is 17.2 Å². The highest BCUT2D eigenvalue weighted by Gasteiger charge is 2.11. The highest BCUT2D eigenvalue weighted by Crippen LogP contribution is 2.25. The van der Waals surface area contributed by atoms with Gasteiger partial charge in [-0.1, -0.05) is 12.1 Å². The largest absolute Gasteiger partial charge is 0.497 e. The molecule has 3 rings (SSSR count). The molecule has 1 N–H and O–H groups in total. The van der Waals surface area contributed by atoms with Crippen molar-refractivity contribution in [2.75, 3.05) is 13.7 Å². The maximum absolute atomic E-state index is 12.9. The first-order chi connectivity index (χ1) is 12.2. The van der Waals surface area contributed by atoms with E-state index >= 15 is 0 Å². The summed E-state index contributed by atoms with van der Waals surface area (Å²) in [4.78, 5) is 16.6. The zero-order valence-electron chi connectivity index (χ0n) is 13.7. The number of hydrogen-bond donors (Lipinski definition) is 1. The molecule has 0 aliphatic rings. The lowest BCUT2D eigenvalue weighted by Gasteiger charge is -2.03. The quantitative estimate of drug-likeness (QED) is 0.728. The Kier molecular flexibility index (Phi) is 5.40. The number of carbonyl (C=O) groups is 1. The summed E-state index contributed by atoms with van der Waals surface area (Å²) in [7, 11) is 1.62. The van der Waals surface area contributed by atoms with Gasteiger partial charge < -0.3 is 10.1 Å². The third kappa shape index (κ3) is 4.42. The van der Waals surface area contributed by atoms with Crippen LogP contribution in [-0.2, 0) is 6.42 Å². The van der Waals surface area contributed by atoms with Crippen molar-refractivity contribution in [2.45, 2.75) is 6.42 Å². The average Bonchev–Trinajstić information content (AvgIpc) is 3.13. The number of amides is 1. The number of methoxy groups -OCH3 is 1. The number of nitrogens with one attached hydrogen (secondary N) is 1. The van der Waals surface area contributed by atoms with E-state index in [9.17, 15) is 9.18 Å². The molecule has 0 bridgehead atoms. The molecule has 0 aliphatic heterocycles. The minimum Gasteiger partial charge on any atom is -0.497 e. The Morgan fingerprint density at radius 1 is 1.16 bits per heavy atom. The molecule has 4 nitrogen and oxygen atoms in total. The van der Waals surface area contributed by atoms with Crippen LogP contribution in [0.5, 0.6) is 5.75 Å². The van der Waals surface area contributed by atoms with Crippen molar-refractivity contribution in [2.24, 2.45) is 0 Å². The minimum absolute atomic E-state index is 0.210. The molecule has 3 aromatic rings. The van der Waals surface area contributed by atoms with E-state index in [1.165, 1.54) is 23.5 Å². The molecule has 0 saturated heterocycles. The Labute approximate surface area is 149 Å². The van der Waals surface area contributed by atoms with E-state index in [-0.39, 0.29) is 11.7 Å². The van der Waals surface area contributed by atoms with Gasteiger partial charge in [0.1, 0.15) is 22.3 Å². The Morgan fingerprint density at radius 2 is 1.88 bits per heavy atom. The van der Waals surface area contributed by atoms with E-state index in [0.717, 1.165) is 21.9 Å². The second kappa shape index (κ2) is 7.90. The van der Waals surface area contributed by atoms with Crippen molar-refractivity contribution in [1.29, 1.82) is 0 Å². The molecule has 25 heavy (non-hydrogen) atoms. The van der Waals surface area contributed by atoms with Gasteiger partial charge >= 0.3 is 0 Å². The van der Waals surface area contributed by atoms with E-state index < -0.39 is 0 Å². The number of ether oxygens (including phenoxy) is 1. The van der Waals surface area contributed by atoms with E-state index in [1.807, 2.05) is 24.3 Å². The molecule has 0 saturated carbocycles. The first kappa shape index (κ1) is 17.1. The third-order valence-electron chi connectivity index (χ3n) is 3.69. The number of rotatable bonds is 6. The number of hydrogen-bond acceptors (Lipinski definition) is 4. The predicted octanol–water partition coefficient (Wildman–Crippen LogP) is 3.93. The number of thiazole rings is 1. The number of nitrogens with zero attached hydrogens (tertiary/aromatic N) is 1. The summed E-state index contributed by atoms with van der Waals surface area (Å²) in [6.45, 7) is 0.472. The number of benzene rings is 2. The average molecular weight is 356 g/mol. The molecule has 6 heteroatoms. The zero-order valence-corrected chi connectivity index (χ0v) is 14.5. The van der Waals surface area contributed by atoms with Gasteiger partial charge in [-0.05, 0) is 48.4 Å². The maximum Gasteiger partial charge on any atom is 0.270 e. The normalized spacial score (nSPS) is 10.5. The summed E-state index contributed by atoms with van der Waals surface area (Å²) >= 11 is 1.42. The number of carbonyl (C=O) groups excluding carboxylic acids is 1. The Hall–Kier alpha value is -2.73. The standard InChI is InChI=1S/C19H17FN2O2S/c1-24-16-8-4-14(5-9-16)19-22-17(12-25-19)18(23)21-11-10-13-2-6-15(20)7-3-13/h2-9,12H,10-11H2,1H3,(H,21,23). The van der Waals surface area contributed by atoms with Gasteiger partial charge in [-0.25, -0.2) is 9.37 Å². The molecule has 0 spiro atoms. The molecule has 128 valence electrons. The first-order valence-corrected chi connectivity index (χ1v) is 8.66. The van der Waals surface area contributed by atoms with E-state index in [0.29, 0.717) is 18.7 Å². The lowest BCUT2D eigenvalue weighted by molar-refractivity contribution is 0.0950. The highest BCUT2D eigenvalue weighted by atomic mass is 32.1. The fourth-order valence-corrected chi connectivity index (χ4v) is 3.11. The van der Waals surface area contributed by atoms with Crippen LogP contribution >= 0.6 is 11.3 Å². The Bertz CT molecular complexity index is 845. The summed E-state index contributed by atoms with van der Waals surface area (Å²) in [5.41, 5.74) is 2.31. The lowest BCUT2D eigenvalue weighted by atomic mass is 10.1. The summed E-state index contributed by atoms with van der Waals surface area (Å²) in [6, 6.07) is 13.8. The van der Waals surface area contributed by atoms with Crippen LogP contribution in [0.15, 0.2) is 53.9 Å². The molecule has 1 heterocycles. The van der Waals surface area contributed by atoms with Crippen molar-refractivity contribution in [3.8, 4) is 16.3 Å². The van der Waals surface area contributed by atoms with Gasteiger partial charge in [0.15, 0.2) is 0 Å². The molecular formula is C19H17FN2O2S. The van der Waals surface area contributed by atoms with Gasteiger partial charge in [0.2, 0.25) is 0 Å². The van der Waals surface area contributed by atoms with Crippen LogP contribution in [0.3, 0.4) is 0 Å². The van der Waals surface area contributed by atoms with Crippen LogP contribution in [-0.4, -0.2) is 24.5 Å². The summed E-state index contributed by atoms with van der Waals surface area (Å²) in [6.07, 6.45) is 0.640. The van der Waals surface area contributed by atoms with Gasteiger partial charge in [-0.3, -0.25) is 4.79 Å². The smallest absolute Gasteiger partial charge is 0.270 e. The van der Waals surface area contributed by atoms with Gasteiger partial charge in [0, 0.05) is 17.5 Å². The van der Waals surface area contributed by atoms with Gasteiger partial charge in [0.25, 0.3) is 5.91 Å². The van der Waals surface area contributed by atoms with Crippen LogP contribution in [0.2, 0.25) is 0 Å². The SMILES string of the molecule is COc1ccc(-c2nc(C(=O)NCCc3ccc(F)cc3)cs2)cc1. The highest BCUT2D eigenvalue weighted by molar-refractivity contribution is 7.13.